The van der Waals surface area contributed by atoms with E-state index in [1.807, 2.05) is 13.8 Å². The Morgan fingerprint density at radius 2 is 1.21 bits per heavy atom. The van der Waals surface area contributed by atoms with Gasteiger partial charge in [-0.25, -0.2) is 9.59 Å². The first kappa shape index (κ1) is 29.6. The zero-order chi connectivity index (χ0) is 24.2. The van der Waals surface area contributed by atoms with Gasteiger partial charge in [-0.3, -0.25) is 14.5 Å². The fourth-order valence-electron chi connectivity index (χ4n) is 2.88. The second-order valence-corrected chi connectivity index (χ2v) is 8.43. The molecule has 2 aliphatic rings. The van der Waals surface area contributed by atoms with Crippen molar-refractivity contribution in [1.82, 2.24) is 4.90 Å². The lowest BCUT2D eigenvalue weighted by molar-refractivity contribution is 0.0442. The number of carbonyl (C=O) groups is 4. The summed E-state index contributed by atoms with van der Waals surface area (Å²) in [6.07, 6.45) is 3.13. The zero-order valence-electron chi connectivity index (χ0n) is 19.1. The molecular formula is C24H35NO7S2. The van der Waals surface area contributed by atoms with Gasteiger partial charge in [0, 0.05) is 55.9 Å². The molecular weight excluding hydrogens is 478 g/mol. The first-order valence-electron chi connectivity index (χ1n) is 10.9. The molecule has 0 atom stereocenters. The third-order valence-corrected chi connectivity index (χ3v) is 6.11. The maximum Gasteiger partial charge on any atom is 0.347 e. The Morgan fingerprint density at radius 1 is 0.765 bits per heavy atom. The molecule has 0 saturated heterocycles. The standard InChI is InChI=1S/C11H13NO3S.C6H2O3S.C6H14O.CH4.H2/c1-2-15-5-3-4-12-10(13)8-6-16-7-9(8)11(12)14;7-5-3-1-10-2-4(3)6(8)9-5;1-3-5-6-7-4-2;;/h6-7H,2-5H2,1H3;1-2H;3-6H2,1-2H3;1H4;1H/i;;;;1+1. The number of hydrogen-bond acceptors (Lipinski definition) is 9. The molecule has 10 heteroatoms. The number of imide groups is 1. The summed E-state index contributed by atoms with van der Waals surface area (Å²) >= 11 is 2.72. The minimum atomic E-state index is -0.527. The number of hydrogen-bond donors (Lipinski definition) is 0. The average Bonchev–Trinajstić information content (AvgIpc) is 3.57. The summed E-state index contributed by atoms with van der Waals surface area (Å²) in [5.41, 5.74) is 1.89. The van der Waals surface area contributed by atoms with Crippen LogP contribution in [-0.4, -0.2) is 61.6 Å². The first-order chi connectivity index (χ1) is 16.0. The molecule has 0 saturated carbocycles. The van der Waals surface area contributed by atoms with Gasteiger partial charge in [0.15, 0.2) is 0 Å². The Labute approximate surface area is 210 Å². The molecule has 0 bridgehead atoms. The Hall–Kier alpha value is -2.40. The van der Waals surface area contributed by atoms with E-state index in [0.717, 1.165) is 13.2 Å². The number of carbonyl (C=O) groups excluding carboxylic acids is 4. The normalized spacial score (nSPS) is 13.3. The maximum atomic E-state index is 11.8. The molecule has 2 amide bonds. The minimum Gasteiger partial charge on any atom is -0.386 e. The molecule has 2 aromatic heterocycles. The van der Waals surface area contributed by atoms with Gasteiger partial charge in [0.1, 0.15) is 0 Å². The van der Waals surface area contributed by atoms with Crippen LogP contribution in [0.2, 0.25) is 0 Å². The molecule has 0 radical (unpaired) electrons. The predicted octanol–water partition coefficient (Wildman–Crippen LogP) is 5.53. The molecule has 0 aromatic carbocycles. The molecule has 2 aliphatic heterocycles. The SMILES string of the molecule is C.CCCCOCC.CCOCCCN1C(=O)c2cscc2C1=O.O=C1OC(=O)c2cscc21.[2HH]. The fourth-order valence-corrected chi connectivity index (χ4v) is 4.46. The van der Waals surface area contributed by atoms with Gasteiger partial charge in [0.05, 0.1) is 22.3 Å². The number of ether oxygens (including phenoxy) is 3. The summed E-state index contributed by atoms with van der Waals surface area (Å²) in [7, 11) is 0. The van der Waals surface area contributed by atoms with Crippen LogP contribution in [0.25, 0.3) is 0 Å². The summed E-state index contributed by atoms with van der Waals surface area (Å²) in [4.78, 5) is 46.3. The van der Waals surface area contributed by atoms with Crippen LogP contribution >= 0.6 is 22.7 Å². The van der Waals surface area contributed by atoms with Gasteiger partial charge in [0.2, 0.25) is 0 Å². The number of unbranched alkanes of at least 4 members (excludes halogenated alkanes) is 1. The van der Waals surface area contributed by atoms with Crippen molar-refractivity contribution < 1.29 is 34.8 Å². The molecule has 34 heavy (non-hydrogen) atoms. The number of thiophene rings is 2. The number of nitrogens with zero attached hydrogens (tertiary/aromatic N) is 1. The van der Waals surface area contributed by atoms with E-state index in [1.54, 1.807) is 21.5 Å². The monoisotopic (exact) mass is 514 g/mol. The Bertz CT molecular complexity index is 894. The topological polar surface area (TPSA) is 99.2 Å². The van der Waals surface area contributed by atoms with Crippen molar-refractivity contribution in [1.29, 1.82) is 0 Å². The lowest BCUT2D eigenvalue weighted by Gasteiger charge is -2.13. The van der Waals surface area contributed by atoms with Gasteiger partial charge in [-0.15, -0.1) is 0 Å². The highest BCUT2D eigenvalue weighted by Gasteiger charge is 2.35. The highest BCUT2D eigenvalue weighted by atomic mass is 32.1. The van der Waals surface area contributed by atoms with Crippen molar-refractivity contribution in [3.05, 3.63) is 43.8 Å². The van der Waals surface area contributed by atoms with Crippen LogP contribution in [-0.2, 0) is 14.2 Å². The van der Waals surface area contributed by atoms with E-state index >= 15 is 0 Å². The number of fused-ring (bicyclic) bond motifs is 2. The van der Waals surface area contributed by atoms with Gasteiger partial charge < -0.3 is 14.2 Å². The van der Waals surface area contributed by atoms with Crippen LogP contribution in [0.3, 0.4) is 0 Å². The third kappa shape index (κ3) is 7.83. The lowest BCUT2D eigenvalue weighted by Crippen LogP contribution is -2.31. The van der Waals surface area contributed by atoms with Crippen LogP contribution in [0.1, 0.15) is 90.3 Å². The van der Waals surface area contributed by atoms with E-state index in [2.05, 4.69) is 11.7 Å². The van der Waals surface area contributed by atoms with Gasteiger partial charge in [-0.1, -0.05) is 20.8 Å². The van der Waals surface area contributed by atoms with Gasteiger partial charge >= 0.3 is 11.9 Å². The summed E-state index contributed by atoms with van der Waals surface area (Å²) in [6.45, 7) is 9.59. The Morgan fingerprint density at radius 3 is 1.65 bits per heavy atom. The van der Waals surface area contributed by atoms with E-state index in [9.17, 15) is 19.2 Å². The predicted molar refractivity (Wildman–Crippen MR) is 135 cm³/mol. The van der Waals surface area contributed by atoms with Crippen LogP contribution < -0.4 is 0 Å². The van der Waals surface area contributed by atoms with E-state index < -0.39 is 11.9 Å². The molecule has 4 heterocycles. The molecule has 8 nitrogen and oxygen atoms in total. The van der Waals surface area contributed by atoms with E-state index in [-0.39, 0.29) is 20.7 Å². The van der Waals surface area contributed by atoms with E-state index in [4.69, 9.17) is 9.47 Å². The second kappa shape index (κ2) is 15.5. The highest BCUT2D eigenvalue weighted by molar-refractivity contribution is 7.08. The fraction of sp³-hybridized carbons (Fsp3) is 0.500. The largest absolute Gasteiger partial charge is 0.386 e. The Balaban J connectivity index is 0.000000527. The highest BCUT2D eigenvalue weighted by Crippen LogP contribution is 2.26. The lowest BCUT2D eigenvalue weighted by atomic mass is 10.2. The Kier molecular flexibility index (Phi) is 13.5. The molecule has 190 valence electrons. The maximum absolute atomic E-state index is 11.8. The van der Waals surface area contributed by atoms with Crippen LogP contribution in [0.4, 0.5) is 0 Å². The van der Waals surface area contributed by atoms with Gasteiger partial charge in [0.25, 0.3) is 11.8 Å². The molecule has 0 fully saturated rings. The van der Waals surface area contributed by atoms with Crippen molar-refractivity contribution >= 4 is 46.4 Å². The van der Waals surface area contributed by atoms with Crippen molar-refractivity contribution in [3.8, 4) is 0 Å². The van der Waals surface area contributed by atoms with Crippen LogP contribution in [0.5, 0.6) is 0 Å². The van der Waals surface area contributed by atoms with Crippen molar-refractivity contribution in [2.45, 2.75) is 47.5 Å². The zero-order valence-corrected chi connectivity index (χ0v) is 20.7. The van der Waals surface area contributed by atoms with E-state index in [0.29, 0.717) is 48.4 Å². The second-order valence-electron chi connectivity index (χ2n) is 6.94. The summed E-state index contributed by atoms with van der Waals surface area (Å²) in [5, 5.41) is 6.70. The summed E-state index contributed by atoms with van der Waals surface area (Å²) in [5.74, 6) is -1.39. The molecule has 0 unspecified atom stereocenters. The van der Waals surface area contributed by atoms with Crippen molar-refractivity contribution in [3.63, 3.8) is 0 Å². The summed E-state index contributed by atoms with van der Waals surface area (Å²) in [6, 6.07) is 0. The average molecular weight is 515 g/mol. The van der Waals surface area contributed by atoms with Gasteiger partial charge in [-0.05, 0) is 26.7 Å². The van der Waals surface area contributed by atoms with Crippen LogP contribution in [0.15, 0.2) is 21.5 Å². The molecule has 4 rings (SSSR count). The number of cyclic esters (lactones) is 2. The number of amides is 2. The first-order valence-corrected chi connectivity index (χ1v) is 12.7. The molecule has 2 aromatic rings. The minimum absolute atomic E-state index is 0. The third-order valence-electron chi connectivity index (χ3n) is 4.62. The number of rotatable bonds is 9. The van der Waals surface area contributed by atoms with E-state index in [1.165, 1.54) is 40.4 Å². The summed E-state index contributed by atoms with van der Waals surface area (Å²) < 4.78 is 14.5. The molecule has 0 N–H and O–H groups in total. The smallest absolute Gasteiger partial charge is 0.347 e. The van der Waals surface area contributed by atoms with Crippen molar-refractivity contribution in [2.75, 3.05) is 33.0 Å². The quantitative estimate of drug-likeness (QED) is 0.188. The molecule has 0 aliphatic carbocycles. The van der Waals surface area contributed by atoms with Gasteiger partial charge in [-0.2, -0.15) is 22.7 Å². The van der Waals surface area contributed by atoms with Crippen molar-refractivity contribution in [2.24, 2.45) is 0 Å². The number of esters is 2. The molecule has 0 spiro atoms. The van der Waals surface area contributed by atoms with Crippen LogP contribution in [0, 0.1) is 0 Å².